The summed E-state index contributed by atoms with van der Waals surface area (Å²) in [4.78, 5) is 0. The summed E-state index contributed by atoms with van der Waals surface area (Å²) < 4.78 is 1.71. The maximum Gasteiger partial charge on any atom is 0.209 e. The summed E-state index contributed by atoms with van der Waals surface area (Å²) in [6.45, 7) is 2.14. The van der Waals surface area contributed by atoms with Crippen LogP contribution < -0.4 is 5.32 Å². The summed E-state index contributed by atoms with van der Waals surface area (Å²) in [7, 11) is 1.86. The second-order valence-corrected chi connectivity index (χ2v) is 5.48. The standard InChI is InChI=1S/C14H19N5S/c1-19-14(16-17-18-19)20-12-6-11-15-10-5-9-13-7-3-2-4-8-13/h2-5,7-9,15H,6,10-12H2,1H3/p+1/b9-5+. The molecule has 0 atom stereocenters. The fourth-order valence-electron chi connectivity index (χ4n) is 1.72. The highest BCUT2D eigenvalue weighted by molar-refractivity contribution is 7.99. The summed E-state index contributed by atoms with van der Waals surface area (Å²) >= 11 is 1.70. The van der Waals surface area contributed by atoms with Crippen molar-refractivity contribution in [2.75, 3.05) is 18.8 Å². The predicted octanol–water partition coefficient (Wildman–Crippen LogP) is 0.969. The van der Waals surface area contributed by atoms with Crippen LogP contribution in [0.2, 0.25) is 0 Å². The van der Waals surface area contributed by atoms with Crippen molar-refractivity contribution in [2.24, 2.45) is 7.05 Å². The topological polar surface area (TPSA) is 60.2 Å². The van der Waals surface area contributed by atoms with Gasteiger partial charge < -0.3 is 5.32 Å². The van der Waals surface area contributed by atoms with Gasteiger partial charge in [-0.1, -0.05) is 48.2 Å². The molecule has 2 N–H and O–H groups in total. The minimum Gasteiger partial charge on any atom is -0.343 e. The second kappa shape index (κ2) is 8.50. The highest BCUT2D eigenvalue weighted by Gasteiger charge is 2.01. The zero-order valence-electron chi connectivity index (χ0n) is 11.6. The fraction of sp³-hybridized carbons (Fsp3) is 0.357. The largest absolute Gasteiger partial charge is 0.343 e. The van der Waals surface area contributed by atoms with Gasteiger partial charge in [0.25, 0.3) is 0 Å². The molecular weight excluding hydrogens is 270 g/mol. The Kier molecular flexibility index (Phi) is 6.26. The Morgan fingerprint density at radius 2 is 2.15 bits per heavy atom. The third-order valence-corrected chi connectivity index (χ3v) is 3.87. The Hall–Kier alpha value is -1.66. The van der Waals surface area contributed by atoms with E-state index in [4.69, 9.17) is 0 Å². The third kappa shape index (κ3) is 5.14. The molecule has 1 aromatic carbocycles. The van der Waals surface area contributed by atoms with Crippen molar-refractivity contribution in [2.45, 2.75) is 11.6 Å². The van der Waals surface area contributed by atoms with Crippen LogP contribution >= 0.6 is 11.8 Å². The smallest absolute Gasteiger partial charge is 0.209 e. The Balaban J connectivity index is 1.52. The number of nitrogens with two attached hydrogens (primary N) is 1. The van der Waals surface area contributed by atoms with Crippen LogP contribution in [0.25, 0.3) is 6.08 Å². The van der Waals surface area contributed by atoms with Gasteiger partial charge in [-0.15, -0.1) is 5.10 Å². The van der Waals surface area contributed by atoms with Gasteiger partial charge in [0.05, 0.1) is 13.1 Å². The van der Waals surface area contributed by atoms with Gasteiger partial charge in [0.15, 0.2) is 0 Å². The summed E-state index contributed by atoms with van der Waals surface area (Å²) in [5.74, 6) is 1.05. The number of aromatic nitrogens is 4. The minimum absolute atomic E-state index is 0.883. The van der Waals surface area contributed by atoms with E-state index in [0.717, 1.165) is 30.4 Å². The van der Waals surface area contributed by atoms with E-state index in [-0.39, 0.29) is 0 Å². The van der Waals surface area contributed by atoms with Crippen LogP contribution in [0.1, 0.15) is 12.0 Å². The van der Waals surface area contributed by atoms with Gasteiger partial charge in [-0.25, -0.2) is 4.68 Å². The van der Waals surface area contributed by atoms with Crippen molar-refractivity contribution in [3.8, 4) is 0 Å². The molecule has 0 aliphatic heterocycles. The minimum atomic E-state index is 0.883. The maximum absolute atomic E-state index is 3.94. The van der Waals surface area contributed by atoms with Gasteiger partial charge in [-0.2, -0.15) is 0 Å². The molecule has 0 radical (unpaired) electrons. The molecule has 0 bridgehead atoms. The number of hydrogen-bond donors (Lipinski definition) is 1. The lowest BCUT2D eigenvalue weighted by Crippen LogP contribution is -2.84. The fourth-order valence-corrected chi connectivity index (χ4v) is 2.53. The van der Waals surface area contributed by atoms with Crippen LogP contribution in [0.15, 0.2) is 41.6 Å². The number of thioether (sulfide) groups is 1. The first-order valence-electron chi connectivity index (χ1n) is 6.74. The molecule has 0 aliphatic carbocycles. The van der Waals surface area contributed by atoms with Gasteiger partial charge >= 0.3 is 0 Å². The highest BCUT2D eigenvalue weighted by atomic mass is 32.2. The molecule has 6 heteroatoms. The molecule has 106 valence electrons. The third-order valence-electron chi connectivity index (χ3n) is 2.78. The van der Waals surface area contributed by atoms with Crippen LogP contribution in [-0.4, -0.2) is 39.0 Å². The predicted molar refractivity (Wildman–Crippen MR) is 81.3 cm³/mol. The lowest BCUT2D eigenvalue weighted by Gasteiger charge is -1.99. The SMILES string of the molecule is Cn1nnnc1SCCC[NH2+]C/C=C/c1ccccc1. The van der Waals surface area contributed by atoms with Crippen LogP contribution in [0, 0.1) is 0 Å². The molecule has 0 fully saturated rings. The Morgan fingerprint density at radius 3 is 2.90 bits per heavy atom. The first-order chi connectivity index (χ1) is 9.86. The zero-order valence-corrected chi connectivity index (χ0v) is 12.5. The van der Waals surface area contributed by atoms with Crippen LogP contribution in [0.3, 0.4) is 0 Å². The molecule has 1 heterocycles. The normalized spacial score (nSPS) is 11.2. The lowest BCUT2D eigenvalue weighted by atomic mass is 10.2. The number of nitrogens with zero attached hydrogens (tertiary/aromatic N) is 4. The number of hydrogen-bond acceptors (Lipinski definition) is 4. The molecule has 2 rings (SSSR count). The number of tetrazole rings is 1. The van der Waals surface area contributed by atoms with E-state index in [1.54, 1.807) is 16.4 Å². The Bertz CT molecular complexity index is 523. The second-order valence-electron chi connectivity index (χ2n) is 4.41. The highest BCUT2D eigenvalue weighted by Crippen LogP contribution is 2.12. The molecule has 0 spiro atoms. The first-order valence-corrected chi connectivity index (χ1v) is 7.73. The molecule has 0 amide bonds. The van der Waals surface area contributed by atoms with E-state index in [1.165, 1.54) is 5.56 Å². The van der Waals surface area contributed by atoms with Crippen molar-refractivity contribution >= 4 is 17.8 Å². The van der Waals surface area contributed by atoms with Crippen molar-refractivity contribution in [1.29, 1.82) is 0 Å². The van der Waals surface area contributed by atoms with Crippen molar-refractivity contribution < 1.29 is 5.32 Å². The van der Waals surface area contributed by atoms with Gasteiger partial charge in [-0.05, 0) is 22.1 Å². The molecular formula is C14H20N5S+. The average Bonchev–Trinajstić information content (AvgIpc) is 2.88. The van der Waals surface area contributed by atoms with Crippen molar-refractivity contribution in [3.05, 3.63) is 42.0 Å². The molecule has 20 heavy (non-hydrogen) atoms. The number of quaternary nitrogens is 1. The van der Waals surface area contributed by atoms with Gasteiger partial charge in [-0.3, -0.25) is 0 Å². The Morgan fingerprint density at radius 1 is 1.30 bits per heavy atom. The van der Waals surface area contributed by atoms with Gasteiger partial charge in [0.2, 0.25) is 5.16 Å². The summed E-state index contributed by atoms with van der Waals surface area (Å²) in [6, 6.07) is 10.4. The number of rotatable bonds is 8. The van der Waals surface area contributed by atoms with Gasteiger partial charge in [0.1, 0.15) is 0 Å². The van der Waals surface area contributed by atoms with E-state index in [2.05, 4.69) is 57.3 Å². The average molecular weight is 290 g/mol. The van der Waals surface area contributed by atoms with E-state index in [0.29, 0.717) is 0 Å². The van der Waals surface area contributed by atoms with Crippen LogP contribution in [0.4, 0.5) is 0 Å². The summed E-state index contributed by atoms with van der Waals surface area (Å²) in [5, 5.41) is 14.6. The molecule has 2 aromatic rings. The molecule has 0 saturated carbocycles. The molecule has 0 unspecified atom stereocenters. The summed E-state index contributed by atoms with van der Waals surface area (Å²) in [6.07, 6.45) is 5.52. The molecule has 1 aromatic heterocycles. The molecule has 0 aliphatic rings. The van der Waals surface area contributed by atoms with Crippen LogP contribution in [-0.2, 0) is 7.05 Å². The van der Waals surface area contributed by atoms with Crippen LogP contribution in [0.5, 0.6) is 0 Å². The first kappa shape index (κ1) is 14.7. The monoisotopic (exact) mass is 290 g/mol. The van der Waals surface area contributed by atoms with Gasteiger partial charge in [0, 0.05) is 19.2 Å². The quantitative estimate of drug-likeness (QED) is 0.581. The number of aryl methyl sites for hydroxylation is 1. The van der Waals surface area contributed by atoms with E-state index >= 15 is 0 Å². The van der Waals surface area contributed by atoms with Crippen molar-refractivity contribution in [1.82, 2.24) is 20.2 Å². The Labute approximate surface area is 123 Å². The molecule has 0 saturated heterocycles. The zero-order chi connectivity index (χ0) is 14.0. The van der Waals surface area contributed by atoms with E-state index < -0.39 is 0 Å². The molecule has 5 nitrogen and oxygen atoms in total. The number of benzene rings is 1. The lowest BCUT2D eigenvalue weighted by molar-refractivity contribution is -0.645. The van der Waals surface area contributed by atoms with E-state index in [9.17, 15) is 0 Å². The van der Waals surface area contributed by atoms with E-state index in [1.807, 2.05) is 13.1 Å². The van der Waals surface area contributed by atoms with Crippen molar-refractivity contribution in [3.63, 3.8) is 0 Å². The summed E-state index contributed by atoms with van der Waals surface area (Å²) in [5.41, 5.74) is 1.26. The maximum atomic E-state index is 3.94.